The Balaban J connectivity index is 1.64. The molecule has 3 aromatic rings. The molecule has 0 saturated carbocycles. The summed E-state index contributed by atoms with van der Waals surface area (Å²) in [5.74, 6) is 1.59. The third kappa shape index (κ3) is 3.39. The molecule has 0 spiro atoms. The van der Waals surface area contributed by atoms with Gasteiger partial charge in [-0.25, -0.2) is 0 Å². The van der Waals surface area contributed by atoms with E-state index in [0.717, 1.165) is 42.0 Å². The number of ether oxygens (including phenoxy) is 2. The molecule has 4 heteroatoms. The predicted molar refractivity (Wildman–Crippen MR) is 112 cm³/mol. The predicted octanol–water partition coefficient (Wildman–Crippen LogP) is 4.49. The molecule has 29 heavy (non-hydrogen) atoms. The summed E-state index contributed by atoms with van der Waals surface area (Å²) in [6.45, 7) is 1.26. The molecule has 2 atom stereocenters. The molecule has 0 unspecified atom stereocenters. The Hall–Kier alpha value is -2.82. The minimum absolute atomic E-state index is 0.0422. The normalized spacial score (nSPS) is 19.4. The fourth-order valence-electron chi connectivity index (χ4n) is 4.66. The van der Waals surface area contributed by atoms with Crippen LogP contribution < -0.4 is 9.47 Å². The first-order valence-electron chi connectivity index (χ1n) is 10.2. The number of benzene rings is 3. The second kappa shape index (κ2) is 7.90. The summed E-state index contributed by atoms with van der Waals surface area (Å²) < 4.78 is 11.2. The van der Waals surface area contributed by atoms with E-state index in [2.05, 4.69) is 53.4 Å². The van der Waals surface area contributed by atoms with Gasteiger partial charge in [-0.05, 0) is 47.2 Å². The quantitative estimate of drug-likeness (QED) is 0.716. The first kappa shape index (κ1) is 18.2. The first-order chi connectivity index (χ1) is 14.3. The zero-order chi connectivity index (χ0) is 19.6. The maximum Gasteiger partial charge on any atom is 0.231 e. The standard InChI is InChI=1S/C25H25NO3/c27-16-22(19-8-2-1-3-9-19)26-14-6-10-18-7-4-5-11-21(18)25(26)20-12-13-23-24(15-20)29-17-28-23/h1-5,7-9,11-13,15,22,25,27H,6,10,14,16-17H2/t22-,25-/m1/s1. The Morgan fingerprint density at radius 1 is 0.931 bits per heavy atom. The molecule has 0 fully saturated rings. The number of rotatable bonds is 4. The minimum atomic E-state index is -0.0715. The van der Waals surface area contributed by atoms with Gasteiger partial charge in [0, 0.05) is 6.54 Å². The van der Waals surface area contributed by atoms with E-state index in [1.54, 1.807) is 0 Å². The maximum atomic E-state index is 10.4. The lowest BCUT2D eigenvalue weighted by atomic mass is 9.91. The highest BCUT2D eigenvalue weighted by molar-refractivity contribution is 5.48. The van der Waals surface area contributed by atoms with Crippen molar-refractivity contribution in [3.05, 3.63) is 95.1 Å². The van der Waals surface area contributed by atoms with Crippen molar-refractivity contribution < 1.29 is 14.6 Å². The molecule has 0 amide bonds. The van der Waals surface area contributed by atoms with Crippen LogP contribution in [0.5, 0.6) is 11.5 Å². The van der Waals surface area contributed by atoms with Gasteiger partial charge in [0.15, 0.2) is 11.5 Å². The number of nitrogens with zero attached hydrogens (tertiary/aromatic N) is 1. The van der Waals surface area contributed by atoms with Gasteiger partial charge in [-0.15, -0.1) is 0 Å². The van der Waals surface area contributed by atoms with Gasteiger partial charge in [0.25, 0.3) is 0 Å². The highest BCUT2D eigenvalue weighted by Crippen LogP contribution is 2.42. The Labute approximate surface area is 171 Å². The lowest BCUT2D eigenvalue weighted by Gasteiger charge is -2.37. The van der Waals surface area contributed by atoms with Crippen LogP contribution in [0.15, 0.2) is 72.8 Å². The molecule has 3 aromatic carbocycles. The molecule has 2 aliphatic heterocycles. The van der Waals surface area contributed by atoms with Crippen LogP contribution in [0.25, 0.3) is 0 Å². The van der Waals surface area contributed by atoms with Crippen LogP contribution in [0.3, 0.4) is 0 Å². The van der Waals surface area contributed by atoms with Crippen molar-refractivity contribution in [3.63, 3.8) is 0 Å². The molecule has 0 saturated heterocycles. The monoisotopic (exact) mass is 387 g/mol. The zero-order valence-corrected chi connectivity index (χ0v) is 16.3. The Morgan fingerprint density at radius 3 is 2.59 bits per heavy atom. The first-order valence-corrected chi connectivity index (χ1v) is 10.2. The van der Waals surface area contributed by atoms with Gasteiger partial charge in [-0.1, -0.05) is 60.7 Å². The zero-order valence-electron chi connectivity index (χ0n) is 16.3. The van der Waals surface area contributed by atoms with Crippen LogP contribution in [0.2, 0.25) is 0 Å². The van der Waals surface area contributed by atoms with Crippen molar-refractivity contribution in [2.24, 2.45) is 0 Å². The molecule has 0 radical (unpaired) electrons. The van der Waals surface area contributed by atoms with Gasteiger partial charge >= 0.3 is 0 Å². The molecule has 0 aromatic heterocycles. The van der Waals surface area contributed by atoms with Crippen LogP contribution in [-0.4, -0.2) is 30.0 Å². The third-order valence-corrected chi connectivity index (χ3v) is 6.01. The van der Waals surface area contributed by atoms with E-state index < -0.39 is 0 Å². The summed E-state index contributed by atoms with van der Waals surface area (Å²) >= 11 is 0. The number of aryl methyl sites for hydroxylation is 1. The van der Waals surface area contributed by atoms with Crippen LogP contribution in [-0.2, 0) is 6.42 Å². The van der Waals surface area contributed by atoms with Crippen molar-refractivity contribution in [2.75, 3.05) is 19.9 Å². The topological polar surface area (TPSA) is 41.9 Å². The molecular weight excluding hydrogens is 362 g/mol. The van der Waals surface area contributed by atoms with E-state index >= 15 is 0 Å². The van der Waals surface area contributed by atoms with Gasteiger partial charge in [0.2, 0.25) is 6.79 Å². The summed E-state index contributed by atoms with van der Waals surface area (Å²) in [6.07, 6.45) is 2.10. The molecule has 0 bridgehead atoms. The minimum Gasteiger partial charge on any atom is -0.454 e. The van der Waals surface area contributed by atoms with Gasteiger partial charge in [-0.3, -0.25) is 4.90 Å². The molecule has 5 rings (SSSR count). The van der Waals surface area contributed by atoms with Crippen LogP contribution in [0, 0.1) is 0 Å². The van der Waals surface area contributed by atoms with E-state index in [4.69, 9.17) is 9.47 Å². The summed E-state index contributed by atoms with van der Waals surface area (Å²) in [7, 11) is 0. The number of fused-ring (bicyclic) bond motifs is 2. The van der Waals surface area contributed by atoms with Crippen LogP contribution in [0.1, 0.15) is 40.8 Å². The van der Waals surface area contributed by atoms with E-state index in [1.165, 1.54) is 11.1 Å². The van der Waals surface area contributed by atoms with E-state index in [0.29, 0.717) is 0 Å². The molecule has 0 aliphatic carbocycles. The highest BCUT2D eigenvalue weighted by Gasteiger charge is 2.33. The molecule has 2 heterocycles. The Morgan fingerprint density at radius 2 is 1.72 bits per heavy atom. The van der Waals surface area contributed by atoms with E-state index in [9.17, 15) is 5.11 Å². The number of hydrogen-bond acceptors (Lipinski definition) is 4. The average molecular weight is 387 g/mol. The Kier molecular flexibility index (Phi) is 4.96. The number of aliphatic hydroxyl groups is 1. The summed E-state index contributed by atoms with van der Waals surface area (Å²) in [4.78, 5) is 2.44. The molecule has 2 aliphatic rings. The lowest BCUT2D eigenvalue weighted by molar-refractivity contribution is 0.0981. The summed E-state index contributed by atoms with van der Waals surface area (Å²) in [6, 6.07) is 25.2. The van der Waals surface area contributed by atoms with Gasteiger partial charge in [-0.2, -0.15) is 0 Å². The van der Waals surface area contributed by atoms with E-state index in [1.807, 2.05) is 24.3 Å². The van der Waals surface area contributed by atoms with Gasteiger partial charge < -0.3 is 14.6 Å². The second-order valence-electron chi connectivity index (χ2n) is 7.66. The SMILES string of the molecule is OC[C@H](c1ccccc1)N1CCCc2ccccc2[C@H]1c1ccc2c(c1)OCO2. The van der Waals surface area contributed by atoms with Gasteiger partial charge in [0.1, 0.15) is 0 Å². The third-order valence-electron chi connectivity index (χ3n) is 6.01. The van der Waals surface area contributed by atoms with Crippen molar-refractivity contribution >= 4 is 0 Å². The fourth-order valence-corrected chi connectivity index (χ4v) is 4.66. The van der Waals surface area contributed by atoms with Crippen LogP contribution in [0.4, 0.5) is 0 Å². The lowest BCUT2D eigenvalue weighted by Crippen LogP contribution is -2.35. The molecular formula is C25H25NO3. The average Bonchev–Trinajstić information content (AvgIpc) is 3.15. The van der Waals surface area contributed by atoms with Crippen molar-refractivity contribution in [1.29, 1.82) is 0 Å². The Bertz CT molecular complexity index is 988. The van der Waals surface area contributed by atoms with Crippen molar-refractivity contribution in [1.82, 2.24) is 4.90 Å². The smallest absolute Gasteiger partial charge is 0.231 e. The summed E-state index contributed by atoms with van der Waals surface area (Å²) in [5, 5.41) is 10.4. The molecule has 4 nitrogen and oxygen atoms in total. The maximum absolute atomic E-state index is 10.4. The molecule has 148 valence electrons. The number of hydrogen-bond donors (Lipinski definition) is 1. The molecule has 1 N–H and O–H groups in total. The second-order valence-corrected chi connectivity index (χ2v) is 7.66. The fraction of sp³-hybridized carbons (Fsp3) is 0.280. The highest BCUT2D eigenvalue weighted by atomic mass is 16.7. The van der Waals surface area contributed by atoms with Gasteiger partial charge in [0.05, 0.1) is 18.7 Å². The number of aliphatic hydroxyl groups excluding tert-OH is 1. The largest absolute Gasteiger partial charge is 0.454 e. The van der Waals surface area contributed by atoms with Crippen LogP contribution >= 0.6 is 0 Å². The van der Waals surface area contributed by atoms with Crippen molar-refractivity contribution in [3.8, 4) is 11.5 Å². The van der Waals surface area contributed by atoms with E-state index in [-0.39, 0.29) is 25.5 Å². The van der Waals surface area contributed by atoms with Crippen molar-refractivity contribution in [2.45, 2.75) is 24.9 Å². The summed E-state index contributed by atoms with van der Waals surface area (Å²) in [5.41, 5.74) is 4.98.